The highest BCUT2D eigenvalue weighted by Gasteiger charge is 2.23. The van der Waals surface area contributed by atoms with Gasteiger partial charge in [-0.2, -0.15) is 0 Å². The predicted octanol–water partition coefficient (Wildman–Crippen LogP) is 6.62. The lowest BCUT2D eigenvalue weighted by molar-refractivity contribution is 0.305. The molecular weight excluding hydrogens is 323 g/mol. The highest BCUT2D eigenvalue weighted by atomic mass is 19.1. The van der Waals surface area contributed by atoms with Crippen molar-refractivity contribution in [1.82, 2.24) is 0 Å². The number of aryl methyl sites for hydroxylation is 2. The monoisotopic (exact) mass is 354 g/mol. The Bertz CT molecular complexity index is 722. The second-order valence-corrected chi connectivity index (χ2v) is 7.53. The third-order valence-electron chi connectivity index (χ3n) is 5.47. The number of ether oxygens (including phenoxy) is 1. The molecule has 1 nitrogen and oxygen atoms in total. The normalized spacial score (nSPS) is 16.3. The molecule has 26 heavy (non-hydrogen) atoms. The van der Waals surface area contributed by atoms with Gasteiger partial charge in [-0.3, -0.25) is 0 Å². The molecule has 2 aromatic rings. The van der Waals surface area contributed by atoms with Crippen LogP contribution in [0.25, 0.3) is 0 Å². The zero-order valence-electron chi connectivity index (χ0n) is 16.2. The molecule has 0 spiro atoms. The van der Waals surface area contributed by atoms with Crippen LogP contribution in [0.1, 0.15) is 74.1 Å². The van der Waals surface area contributed by atoms with Crippen LogP contribution in [0.4, 0.5) is 4.39 Å². The van der Waals surface area contributed by atoms with Crippen LogP contribution in [0.2, 0.25) is 0 Å². The van der Waals surface area contributed by atoms with Crippen LogP contribution in [0.5, 0.6) is 5.75 Å². The lowest BCUT2D eigenvalue weighted by Crippen LogP contribution is -2.14. The van der Waals surface area contributed by atoms with Crippen LogP contribution in [0, 0.1) is 5.82 Å². The van der Waals surface area contributed by atoms with Gasteiger partial charge in [-0.25, -0.2) is 4.39 Å². The Kier molecular flexibility index (Phi) is 6.71. The van der Waals surface area contributed by atoms with Crippen molar-refractivity contribution in [1.29, 1.82) is 0 Å². The average Bonchev–Trinajstić information content (AvgIpc) is 2.65. The Morgan fingerprint density at radius 2 is 1.88 bits per heavy atom. The summed E-state index contributed by atoms with van der Waals surface area (Å²) < 4.78 is 20.5. The molecule has 0 amide bonds. The third-order valence-corrected chi connectivity index (χ3v) is 5.47. The molecule has 1 atom stereocenters. The Morgan fingerprint density at radius 3 is 2.65 bits per heavy atom. The highest BCUT2D eigenvalue weighted by molar-refractivity contribution is 5.40. The van der Waals surface area contributed by atoms with E-state index < -0.39 is 0 Å². The van der Waals surface area contributed by atoms with Crippen LogP contribution >= 0.6 is 0 Å². The van der Waals surface area contributed by atoms with E-state index in [0.29, 0.717) is 0 Å². The van der Waals surface area contributed by atoms with Gasteiger partial charge in [0.2, 0.25) is 0 Å². The molecule has 2 heteroatoms. The third kappa shape index (κ3) is 4.66. The summed E-state index contributed by atoms with van der Waals surface area (Å²) in [5.74, 6) is 1.24. The molecule has 0 radical (unpaired) electrons. The fourth-order valence-corrected chi connectivity index (χ4v) is 3.97. The minimum absolute atomic E-state index is 0.0275. The summed E-state index contributed by atoms with van der Waals surface area (Å²) in [4.78, 5) is 0. The highest BCUT2D eigenvalue weighted by Crippen LogP contribution is 2.35. The standard InChI is InChI=1S/C24H31FO/c1-3-5-6-14-26-22-12-11-19-16-21(10-9-20(19)17-22)23-13-8-18(7-4-2)15-24(23)25/h8,11-13,15,17,21H,3-7,9-10,14,16H2,1-2H3. The van der Waals surface area contributed by atoms with Gasteiger partial charge in [0.25, 0.3) is 0 Å². The summed E-state index contributed by atoms with van der Waals surface area (Å²) >= 11 is 0. The van der Waals surface area contributed by atoms with Gasteiger partial charge < -0.3 is 4.74 Å². The zero-order valence-corrected chi connectivity index (χ0v) is 16.2. The molecule has 140 valence electrons. The Labute approximate surface area is 157 Å². The molecule has 0 bridgehead atoms. The molecule has 0 aromatic heterocycles. The molecule has 0 heterocycles. The lowest BCUT2D eigenvalue weighted by Gasteiger charge is -2.26. The van der Waals surface area contributed by atoms with Crippen molar-refractivity contribution < 1.29 is 9.13 Å². The number of halogens is 1. The van der Waals surface area contributed by atoms with Crippen LogP contribution in [-0.2, 0) is 19.3 Å². The summed E-state index contributed by atoms with van der Waals surface area (Å²) in [6.07, 6.45) is 8.49. The fourth-order valence-electron chi connectivity index (χ4n) is 3.97. The molecule has 0 saturated heterocycles. The zero-order chi connectivity index (χ0) is 18.4. The minimum atomic E-state index is -0.0275. The molecule has 3 rings (SSSR count). The van der Waals surface area contributed by atoms with Crippen molar-refractivity contribution in [3.05, 3.63) is 64.5 Å². The molecular formula is C24H31FO. The quantitative estimate of drug-likeness (QED) is 0.484. The summed E-state index contributed by atoms with van der Waals surface area (Å²) in [5.41, 5.74) is 4.71. The van der Waals surface area contributed by atoms with Crippen LogP contribution in [0.15, 0.2) is 36.4 Å². The van der Waals surface area contributed by atoms with Gasteiger partial charge >= 0.3 is 0 Å². The first kappa shape index (κ1) is 18.9. The first-order valence-electron chi connectivity index (χ1n) is 10.2. The van der Waals surface area contributed by atoms with Gasteiger partial charge in [-0.05, 0) is 78.5 Å². The van der Waals surface area contributed by atoms with Gasteiger partial charge in [-0.1, -0.05) is 51.3 Å². The number of hydrogen-bond donors (Lipinski definition) is 0. The van der Waals surface area contributed by atoms with E-state index in [2.05, 4.69) is 38.1 Å². The summed E-state index contributed by atoms with van der Waals surface area (Å²) in [6, 6.07) is 12.3. The van der Waals surface area contributed by atoms with E-state index in [1.165, 1.54) is 24.0 Å². The number of unbranched alkanes of at least 4 members (excludes halogenated alkanes) is 2. The van der Waals surface area contributed by atoms with Crippen LogP contribution in [-0.4, -0.2) is 6.61 Å². The predicted molar refractivity (Wildman–Crippen MR) is 107 cm³/mol. The molecule has 0 fully saturated rings. The van der Waals surface area contributed by atoms with Gasteiger partial charge in [0, 0.05) is 0 Å². The molecule has 0 N–H and O–H groups in total. The lowest BCUT2D eigenvalue weighted by atomic mass is 9.79. The van der Waals surface area contributed by atoms with Gasteiger partial charge in [0.05, 0.1) is 6.61 Å². The maximum Gasteiger partial charge on any atom is 0.126 e. The van der Waals surface area contributed by atoms with Crippen molar-refractivity contribution >= 4 is 0 Å². The molecule has 2 aromatic carbocycles. The second kappa shape index (κ2) is 9.21. The summed E-state index contributed by atoms with van der Waals surface area (Å²) in [6.45, 7) is 5.13. The van der Waals surface area contributed by atoms with Gasteiger partial charge in [-0.15, -0.1) is 0 Å². The summed E-state index contributed by atoms with van der Waals surface area (Å²) in [5, 5.41) is 0. The second-order valence-electron chi connectivity index (χ2n) is 7.53. The van der Waals surface area contributed by atoms with E-state index in [0.717, 1.165) is 62.0 Å². The first-order chi connectivity index (χ1) is 12.7. The van der Waals surface area contributed by atoms with Gasteiger partial charge in [0.1, 0.15) is 11.6 Å². The number of benzene rings is 2. The number of rotatable bonds is 8. The number of fused-ring (bicyclic) bond motifs is 1. The first-order valence-corrected chi connectivity index (χ1v) is 10.2. The molecule has 1 unspecified atom stereocenters. The van der Waals surface area contributed by atoms with Crippen molar-refractivity contribution in [2.24, 2.45) is 0 Å². The van der Waals surface area contributed by atoms with E-state index in [1.54, 1.807) is 6.07 Å². The van der Waals surface area contributed by atoms with E-state index in [9.17, 15) is 4.39 Å². The van der Waals surface area contributed by atoms with E-state index in [1.807, 2.05) is 6.07 Å². The Morgan fingerprint density at radius 1 is 1.00 bits per heavy atom. The number of hydrogen-bond acceptors (Lipinski definition) is 1. The largest absolute Gasteiger partial charge is 0.494 e. The van der Waals surface area contributed by atoms with Crippen molar-refractivity contribution in [3.63, 3.8) is 0 Å². The van der Waals surface area contributed by atoms with E-state index in [4.69, 9.17) is 4.74 Å². The average molecular weight is 355 g/mol. The van der Waals surface area contributed by atoms with Crippen molar-refractivity contribution in [2.45, 2.75) is 71.1 Å². The topological polar surface area (TPSA) is 9.23 Å². The molecule has 0 aliphatic heterocycles. The van der Waals surface area contributed by atoms with E-state index in [-0.39, 0.29) is 11.7 Å². The van der Waals surface area contributed by atoms with Crippen LogP contribution < -0.4 is 4.74 Å². The molecule has 1 aliphatic carbocycles. The van der Waals surface area contributed by atoms with Gasteiger partial charge in [0.15, 0.2) is 0 Å². The minimum Gasteiger partial charge on any atom is -0.494 e. The fraction of sp³-hybridized carbons (Fsp3) is 0.500. The molecule has 1 aliphatic rings. The Hall–Kier alpha value is -1.83. The SMILES string of the molecule is CCCCCOc1ccc2c(c1)CCC(c1ccc(CCC)cc1F)C2. The van der Waals surface area contributed by atoms with E-state index >= 15 is 0 Å². The maximum absolute atomic E-state index is 14.6. The van der Waals surface area contributed by atoms with Crippen molar-refractivity contribution in [3.8, 4) is 5.75 Å². The maximum atomic E-state index is 14.6. The molecule has 0 saturated carbocycles. The Balaban J connectivity index is 1.66. The smallest absolute Gasteiger partial charge is 0.126 e. The summed E-state index contributed by atoms with van der Waals surface area (Å²) in [7, 11) is 0. The van der Waals surface area contributed by atoms with Crippen LogP contribution in [0.3, 0.4) is 0 Å². The van der Waals surface area contributed by atoms with Crippen molar-refractivity contribution in [2.75, 3.05) is 6.61 Å².